The molecule has 24 heavy (non-hydrogen) atoms. The van der Waals surface area contributed by atoms with Crippen molar-refractivity contribution in [2.45, 2.75) is 39.7 Å². The van der Waals surface area contributed by atoms with Crippen molar-refractivity contribution in [2.24, 2.45) is 5.41 Å². The minimum Gasteiger partial charge on any atom is -0.405 e. The minimum atomic E-state index is -0.495. The fourth-order valence-corrected chi connectivity index (χ4v) is 2.66. The van der Waals surface area contributed by atoms with Gasteiger partial charge in [-0.3, -0.25) is 4.79 Å². The third-order valence-corrected chi connectivity index (χ3v) is 4.14. The number of aromatic nitrogens is 2. The first-order valence-electron chi connectivity index (χ1n) is 8.39. The molecule has 0 unspecified atom stereocenters. The number of nitrogens with zero attached hydrogens (tertiary/aromatic N) is 3. The normalized spacial score (nSPS) is 16.2. The van der Waals surface area contributed by atoms with Crippen molar-refractivity contribution in [3.05, 3.63) is 41.8 Å². The lowest BCUT2D eigenvalue weighted by molar-refractivity contribution is -0.129. The Balaban J connectivity index is 1.88. The maximum atomic E-state index is 12.5. The van der Waals surface area contributed by atoms with Gasteiger partial charge in [0.2, 0.25) is 11.8 Å². The summed E-state index contributed by atoms with van der Waals surface area (Å²) < 4.78 is 5.89. The molecule has 1 amide bonds. The van der Waals surface area contributed by atoms with Gasteiger partial charge in [-0.05, 0) is 18.4 Å². The second-order valence-electron chi connectivity index (χ2n) is 7.18. The summed E-state index contributed by atoms with van der Waals surface area (Å²) in [6.07, 6.45) is 2.28. The van der Waals surface area contributed by atoms with Crippen LogP contribution in [-0.2, 0) is 4.79 Å². The van der Waals surface area contributed by atoms with Gasteiger partial charge in [-0.15, -0.1) is 5.10 Å². The van der Waals surface area contributed by atoms with Gasteiger partial charge in [0.15, 0.2) is 0 Å². The first-order valence-corrected chi connectivity index (χ1v) is 8.39. The number of anilines is 1. The third-order valence-electron chi connectivity index (χ3n) is 4.14. The van der Waals surface area contributed by atoms with Crippen LogP contribution in [0.2, 0.25) is 0 Å². The molecule has 1 atom stereocenters. The van der Waals surface area contributed by atoms with E-state index in [4.69, 9.17) is 4.42 Å². The summed E-state index contributed by atoms with van der Waals surface area (Å²) in [5.74, 6) is 0.359. The molecule has 3 rings (SSSR count). The van der Waals surface area contributed by atoms with Gasteiger partial charge in [0.1, 0.15) is 6.04 Å². The minimum absolute atomic E-state index is 0.0581. The Hall–Kier alpha value is -2.37. The molecule has 0 spiro atoms. The molecule has 6 heteroatoms. The van der Waals surface area contributed by atoms with E-state index in [1.165, 1.54) is 0 Å². The molecule has 128 valence electrons. The predicted molar refractivity (Wildman–Crippen MR) is 91.6 cm³/mol. The molecule has 1 saturated heterocycles. The lowest BCUT2D eigenvalue weighted by atomic mass is 9.94. The third kappa shape index (κ3) is 3.58. The number of nitrogens with one attached hydrogen (secondary N) is 1. The highest BCUT2D eigenvalue weighted by atomic mass is 16.4. The molecular weight excluding hydrogens is 304 g/mol. The topological polar surface area (TPSA) is 71.3 Å². The van der Waals surface area contributed by atoms with Crippen molar-refractivity contribution < 1.29 is 9.21 Å². The highest BCUT2D eigenvalue weighted by Crippen LogP contribution is 2.26. The van der Waals surface area contributed by atoms with E-state index in [-0.39, 0.29) is 5.91 Å². The van der Waals surface area contributed by atoms with Crippen molar-refractivity contribution in [3.8, 4) is 0 Å². The maximum absolute atomic E-state index is 12.5. The Morgan fingerprint density at radius 3 is 2.46 bits per heavy atom. The molecule has 1 N–H and O–H groups in total. The zero-order valence-corrected chi connectivity index (χ0v) is 14.5. The fraction of sp³-hybridized carbons (Fsp3) is 0.500. The number of hydrogen-bond donors (Lipinski definition) is 1. The maximum Gasteiger partial charge on any atom is 0.318 e. The number of amides is 1. The predicted octanol–water partition coefficient (Wildman–Crippen LogP) is 2.92. The second-order valence-corrected chi connectivity index (χ2v) is 7.18. The Morgan fingerprint density at radius 1 is 1.17 bits per heavy atom. The summed E-state index contributed by atoms with van der Waals surface area (Å²) in [5, 5.41) is 11.4. The Morgan fingerprint density at radius 2 is 1.83 bits per heavy atom. The van der Waals surface area contributed by atoms with Gasteiger partial charge >= 0.3 is 6.01 Å². The van der Waals surface area contributed by atoms with Crippen molar-refractivity contribution >= 4 is 11.9 Å². The summed E-state index contributed by atoms with van der Waals surface area (Å²) in [4.78, 5) is 14.6. The molecule has 6 nitrogen and oxygen atoms in total. The molecule has 0 aliphatic carbocycles. The molecule has 2 aromatic rings. The van der Waals surface area contributed by atoms with Crippen molar-refractivity contribution in [3.63, 3.8) is 0 Å². The van der Waals surface area contributed by atoms with E-state index >= 15 is 0 Å². The lowest BCUT2D eigenvalue weighted by Crippen LogP contribution is -2.38. The molecule has 0 bridgehead atoms. The van der Waals surface area contributed by atoms with E-state index in [1.54, 1.807) is 0 Å². The average molecular weight is 328 g/mol. The van der Waals surface area contributed by atoms with Crippen LogP contribution >= 0.6 is 0 Å². The molecule has 1 aromatic heterocycles. The summed E-state index contributed by atoms with van der Waals surface area (Å²) in [7, 11) is 0. The molecular formula is C18H24N4O2. The van der Waals surface area contributed by atoms with E-state index < -0.39 is 11.5 Å². The molecule has 0 radical (unpaired) electrons. The van der Waals surface area contributed by atoms with Crippen LogP contribution in [0.3, 0.4) is 0 Å². The first-order chi connectivity index (χ1) is 11.4. The van der Waals surface area contributed by atoms with Crippen LogP contribution in [0, 0.1) is 5.41 Å². The van der Waals surface area contributed by atoms with Gasteiger partial charge in [0.25, 0.3) is 0 Å². The smallest absolute Gasteiger partial charge is 0.318 e. The zero-order valence-electron chi connectivity index (χ0n) is 14.5. The summed E-state index contributed by atoms with van der Waals surface area (Å²) >= 11 is 0. The summed E-state index contributed by atoms with van der Waals surface area (Å²) in [6.45, 7) is 7.52. The van der Waals surface area contributed by atoms with Gasteiger partial charge in [0.05, 0.1) is 0 Å². The van der Waals surface area contributed by atoms with Crippen molar-refractivity contribution in [1.82, 2.24) is 15.5 Å². The number of hydrogen-bond acceptors (Lipinski definition) is 5. The number of benzene rings is 1. The van der Waals surface area contributed by atoms with Gasteiger partial charge < -0.3 is 14.6 Å². The zero-order chi connectivity index (χ0) is 17.2. The van der Waals surface area contributed by atoms with Crippen molar-refractivity contribution in [1.29, 1.82) is 0 Å². The van der Waals surface area contributed by atoms with Crippen LogP contribution < -0.4 is 10.2 Å². The van der Waals surface area contributed by atoms with Crippen LogP contribution in [0.1, 0.15) is 51.1 Å². The molecule has 1 fully saturated rings. The van der Waals surface area contributed by atoms with Crippen molar-refractivity contribution in [2.75, 3.05) is 18.0 Å². The summed E-state index contributed by atoms with van der Waals surface area (Å²) in [5.41, 5.74) is 0.428. The summed E-state index contributed by atoms with van der Waals surface area (Å²) in [6, 6.07) is 9.80. The molecule has 1 aliphatic heterocycles. The molecule has 1 aliphatic rings. The quantitative estimate of drug-likeness (QED) is 0.934. The second kappa shape index (κ2) is 6.63. The first kappa shape index (κ1) is 16.5. The highest BCUT2D eigenvalue weighted by Gasteiger charge is 2.29. The van der Waals surface area contributed by atoms with Crippen LogP contribution in [0.15, 0.2) is 34.7 Å². The standard InChI is InChI=1S/C18H24N4O2/c1-18(2,3)16(23)19-14(13-9-5-4-6-10-13)15-20-21-17(24-15)22-11-7-8-12-22/h4-6,9-10,14H,7-8,11-12H2,1-3H3,(H,19,23)/t14-/m0/s1. The van der Waals surface area contributed by atoms with Crippen LogP contribution in [0.25, 0.3) is 0 Å². The molecule has 1 aromatic carbocycles. The van der Waals surface area contributed by atoms with Crippen LogP contribution in [0.5, 0.6) is 0 Å². The largest absolute Gasteiger partial charge is 0.405 e. The van der Waals surface area contributed by atoms with E-state index in [1.807, 2.05) is 51.1 Å². The molecule has 0 saturated carbocycles. The Labute approximate surface area is 142 Å². The van der Waals surface area contributed by atoms with Crippen LogP contribution in [0.4, 0.5) is 6.01 Å². The SMILES string of the molecule is CC(C)(C)C(=O)N[C@@H](c1ccccc1)c1nnc(N2CCCC2)o1. The number of rotatable bonds is 4. The van der Waals surface area contributed by atoms with E-state index in [2.05, 4.69) is 20.4 Å². The Kier molecular flexibility index (Phi) is 4.55. The van der Waals surface area contributed by atoms with Gasteiger partial charge in [-0.25, -0.2) is 0 Å². The van der Waals surface area contributed by atoms with E-state index in [9.17, 15) is 4.79 Å². The monoisotopic (exact) mass is 328 g/mol. The fourth-order valence-electron chi connectivity index (χ4n) is 2.66. The van der Waals surface area contributed by atoms with Gasteiger partial charge in [0, 0.05) is 18.5 Å². The van der Waals surface area contributed by atoms with E-state index in [0.717, 1.165) is 31.5 Å². The molecule has 2 heterocycles. The van der Waals surface area contributed by atoms with Crippen LogP contribution in [-0.4, -0.2) is 29.2 Å². The van der Waals surface area contributed by atoms with Gasteiger partial charge in [-0.1, -0.05) is 56.2 Å². The Bertz CT molecular complexity index is 685. The highest BCUT2D eigenvalue weighted by molar-refractivity contribution is 5.82. The van der Waals surface area contributed by atoms with Gasteiger partial charge in [-0.2, -0.15) is 0 Å². The lowest BCUT2D eigenvalue weighted by Gasteiger charge is -2.22. The van der Waals surface area contributed by atoms with E-state index in [0.29, 0.717) is 11.9 Å². The number of carbonyl (C=O) groups is 1. The average Bonchev–Trinajstić information content (AvgIpc) is 3.23. The number of carbonyl (C=O) groups excluding carboxylic acids is 1.